The number of fused-ring (bicyclic) bond motifs is 1. The van der Waals surface area contributed by atoms with Gasteiger partial charge in [0, 0.05) is 33.4 Å². The smallest absolute Gasteiger partial charge is 0.410 e. The lowest BCUT2D eigenvalue weighted by molar-refractivity contribution is -0.125. The van der Waals surface area contributed by atoms with Crippen LogP contribution in [-0.4, -0.2) is 75.5 Å². The van der Waals surface area contributed by atoms with E-state index in [0.717, 1.165) is 31.5 Å². The number of carbonyl (C=O) groups is 3. The molecule has 3 amide bonds. The van der Waals surface area contributed by atoms with Gasteiger partial charge >= 0.3 is 6.09 Å². The zero-order chi connectivity index (χ0) is 32.0. The summed E-state index contributed by atoms with van der Waals surface area (Å²) < 4.78 is 21.1. The van der Waals surface area contributed by atoms with Crippen LogP contribution in [0.3, 0.4) is 0 Å². The van der Waals surface area contributed by atoms with Gasteiger partial charge in [0.05, 0.1) is 17.6 Å². The molecular weight excluding hydrogens is 567 g/mol. The lowest BCUT2D eigenvalue weighted by atomic mass is 9.87. The van der Waals surface area contributed by atoms with Crippen molar-refractivity contribution in [2.75, 3.05) is 32.5 Å². The van der Waals surface area contributed by atoms with Crippen LogP contribution in [0.15, 0.2) is 47.4 Å². The third kappa shape index (κ3) is 8.55. The fourth-order valence-electron chi connectivity index (χ4n) is 5.06. The van der Waals surface area contributed by atoms with Crippen molar-refractivity contribution in [1.82, 2.24) is 24.3 Å². The molecule has 1 aliphatic heterocycles. The number of nitrogens with one attached hydrogen (secondary N) is 2. The molecule has 0 radical (unpaired) electrons. The number of halogens is 1. The minimum absolute atomic E-state index is 0.00117. The predicted molar refractivity (Wildman–Crippen MR) is 166 cm³/mol. The highest BCUT2D eigenvalue weighted by Crippen LogP contribution is 2.27. The van der Waals surface area contributed by atoms with Crippen molar-refractivity contribution in [1.29, 1.82) is 0 Å². The second kappa shape index (κ2) is 13.9. The zero-order valence-corrected chi connectivity index (χ0v) is 26.0. The number of hydrogen-bond acceptors (Lipinski definition) is 6. The molecule has 3 aromatic rings. The van der Waals surface area contributed by atoms with Crippen molar-refractivity contribution >= 4 is 34.6 Å². The Kier molecular flexibility index (Phi) is 10.2. The van der Waals surface area contributed by atoms with Gasteiger partial charge in [-0.2, -0.15) is 0 Å². The summed E-state index contributed by atoms with van der Waals surface area (Å²) in [6.45, 7) is 7.72. The molecular formula is C32H41FN6O5. The number of pyridine rings is 1. The second-order valence-corrected chi connectivity index (χ2v) is 12.5. The molecule has 1 aromatic carbocycles. The Morgan fingerprint density at radius 2 is 1.93 bits per heavy atom. The van der Waals surface area contributed by atoms with Crippen molar-refractivity contribution in [3.63, 3.8) is 0 Å². The molecule has 0 saturated carbocycles. The van der Waals surface area contributed by atoms with Crippen LogP contribution in [0.5, 0.6) is 0 Å². The summed E-state index contributed by atoms with van der Waals surface area (Å²) in [5.74, 6) is -0.662. The van der Waals surface area contributed by atoms with Crippen LogP contribution in [0.25, 0.3) is 11.0 Å². The van der Waals surface area contributed by atoms with Gasteiger partial charge in [-0.15, -0.1) is 0 Å². The van der Waals surface area contributed by atoms with Gasteiger partial charge in [0.15, 0.2) is 6.10 Å². The first kappa shape index (κ1) is 32.4. The van der Waals surface area contributed by atoms with Gasteiger partial charge in [-0.3, -0.25) is 14.4 Å². The molecule has 0 unspecified atom stereocenters. The number of aromatic nitrogens is 3. The van der Waals surface area contributed by atoms with E-state index in [9.17, 15) is 23.6 Å². The second-order valence-electron chi connectivity index (χ2n) is 12.5. The van der Waals surface area contributed by atoms with E-state index >= 15 is 0 Å². The number of allylic oxidation sites excluding steroid dienone is 1. The minimum atomic E-state index is -1.20. The predicted octanol–water partition coefficient (Wildman–Crippen LogP) is 4.46. The molecule has 11 nitrogen and oxygen atoms in total. The number of carbonyl (C=O) groups excluding carboxylic acids is 3. The van der Waals surface area contributed by atoms with Gasteiger partial charge in [-0.25, -0.2) is 14.2 Å². The number of anilines is 1. The number of ether oxygens (including phenoxy) is 1. The van der Waals surface area contributed by atoms with E-state index < -0.39 is 23.7 Å². The third-order valence-corrected chi connectivity index (χ3v) is 7.17. The highest BCUT2D eigenvalue weighted by Gasteiger charge is 2.25. The van der Waals surface area contributed by atoms with E-state index in [1.54, 1.807) is 23.2 Å². The Morgan fingerprint density at radius 3 is 2.61 bits per heavy atom. The van der Waals surface area contributed by atoms with Crippen LogP contribution in [0, 0.1) is 11.2 Å². The first-order chi connectivity index (χ1) is 20.8. The summed E-state index contributed by atoms with van der Waals surface area (Å²) in [7, 11) is 3.00. The maximum Gasteiger partial charge on any atom is 0.410 e. The van der Waals surface area contributed by atoms with Crippen LogP contribution in [-0.2, 0) is 27.3 Å². The van der Waals surface area contributed by atoms with Crippen LogP contribution in [0.1, 0.15) is 57.8 Å². The molecule has 44 heavy (non-hydrogen) atoms. The summed E-state index contributed by atoms with van der Waals surface area (Å²) in [6.07, 6.45) is 5.81. The van der Waals surface area contributed by atoms with E-state index in [-0.39, 0.29) is 35.8 Å². The molecule has 2 aromatic heterocycles. The van der Waals surface area contributed by atoms with Gasteiger partial charge in [0.1, 0.15) is 17.3 Å². The fourth-order valence-corrected chi connectivity index (χ4v) is 5.06. The summed E-state index contributed by atoms with van der Waals surface area (Å²) >= 11 is 0. The van der Waals surface area contributed by atoms with Crippen molar-refractivity contribution in [3.05, 3.63) is 70.2 Å². The molecule has 236 valence electrons. The summed E-state index contributed by atoms with van der Waals surface area (Å²) in [6, 6.07) is 5.94. The molecule has 1 atom stereocenters. The topological polar surface area (TPSA) is 130 Å². The number of benzene rings is 1. The van der Waals surface area contributed by atoms with E-state index in [2.05, 4.69) is 36.1 Å². The Balaban J connectivity index is 1.48. The van der Waals surface area contributed by atoms with Crippen molar-refractivity contribution < 1.29 is 23.5 Å². The van der Waals surface area contributed by atoms with Gasteiger partial charge in [0.25, 0.3) is 11.5 Å². The average molecular weight is 609 g/mol. The Hall–Kier alpha value is -4.48. The van der Waals surface area contributed by atoms with Crippen molar-refractivity contribution in [2.45, 2.75) is 65.5 Å². The van der Waals surface area contributed by atoms with E-state index in [1.165, 1.54) is 47.8 Å². The van der Waals surface area contributed by atoms with Crippen LogP contribution in [0.4, 0.5) is 14.9 Å². The van der Waals surface area contributed by atoms with Crippen LogP contribution < -0.4 is 10.9 Å². The highest BCUT2D eigenvalue weighted by atomic mass is 19.1. The molecule has 0 aliphatic carbocycles. The summed E-state index contributed by atoms with van der Waals surface area (Å²) in [5, 5.41) is 2.60. The van der Waals surface area contributed by atoms with Gasteiger partial charge in [0.2, 0.25) is 5.91 Å². The molecule has 1 fully saturated rings. The Morgan fingerprint density at radius 1 is 1.20 bits per heavy atom. The number of amides is 3. The van der Waals surface area contributed by atoms with Crippen LogP contribution in [0.2, 0.25) is 0 Å². The number of hydrogen-bond donors (Lipinski definition) is 2. The zero-order valence-electron chi connectivity index (χ0n) is 26.0. The highest BCUT2D eigenvalue weighted by molar-refractivity contribution is 5.95. The van der Waals surface area contributed by atoms with Gasteiger partial charge < -0.3 is 29.4 Å². The molecule has 2 N–H and O–H groups in total. The first-order valence-corrected chi connectivity index (χ1v) is 14.8. The number of likely N-dealkylation sites (tertiary alicyclic amines) is 1. The standard InChI is InChI=1S/C32H41FN6O5/c1-32(2,3)19-21-17-22(33)18-24-28(21)36-26(34-24)20-39-16-10-11-23(30(39)42)35-29(41)25(44-31(43)37(4)5)12-6-7-13-27(40)38-14-8-9-15-38/h7,10-11,13,16-18,25H,6,8-9,12,14-15,19-20H2,1-5H3,(H,34,36)(H,35,41)/b13-7+/t25-/m0/s1. The Bertz CT molecular complexity index is 1600. The molecule has 3 heterocycles. The lowest BCUT2D eigenvalue weighted by Gasteiger charge is -2.19. The maximum absolute atomic E-state index is 14.3. The van der Waals surface area contributed by atoms with Crippen LogP contribution >= 0.6 is 0 Å². The SMILES string of the molecule is CN(C)C(=O)O[C@@H](CC/C=C/C(=O)N1CCCC1)C(=O)Nc1cccn(Cc2nc3c(CC(C)(C)C)cc(F)cc3[nH]2)c1=O. The normalized spacial score (nSPS) is 14.3. The number of rotatable bonds is 10. The quantitative estimate of drug-likeness (QED) is 0.327. The van der Waals surface area contributed by atoms with Crippen molar-refractivity contribution in [2.24, 2.45) is 5.41 Å². The summed E-state index contributed by atoms with van der Waals surface area (Å²) in [4.78, 5) is 61.8. The number of nitrogens with zero attached hydrogens (tertiary/aromatic N) is 4. The molecule has 12 heteroatoms. The number of imidazole rings is 1. The maximum atomic E-state index is 14.3. The molecule has 4 rings (SSSR count). The summed E-state index contributed by atoms with van der Waals surface area (Å²) in [5.41, 5.74) is 1.39. The largest absolute Gasteiger partial charge is 0.436 e. The molecule has 1 aliphatic rings. The molecule has 1 saturated heterocycles. The van der Waals surface area contributed by atoms with Gasteiger partial charge in [-0.1, -0.05) is 26.8 Å². The van der Waals surface area contributed by atoms with Crippen molar-refractivity contribution in [3.8, 4) is 0 Å². The van der Waals surface area contributed by atoms with E-state index in [4.69, 9.17) is 4.74 Å². The van der Waals surface area contributed by atoms with E-state index in [0.29, 0.717) is 29.7 Å². The average Bonchev–Trinajstić information content (AvgIpc) is 3.62. The fraction of sp³-hybridized carbons (Fsp3) is 0.469. The number of aromatic amines is 1. The first-order valence-electron chi connectivity index (χ1n) is 14.8. The van der Waals surface area contributed by atoms with Gasteiger partial charge in [-0.05, 0) is 73.4 Å². The molecule has 0 spiro atoms. The minimum Gasteiger partial charge on any atom is -0.436 e. The third-order valence-electron chi connectivity index (χ3n) is 7.17. The van der Waals surface area contributed by atoms with E-state index in [1.807, 2.05) is 0 Å². The monoisotopic (exact) mass is 608 g/mol. The Labute approximate surface area is 256 Å². The molecule has 0 bridgehead atoms. The lowest BCUT2D eigenvalue weighted by Crippen LogP contribution is -2.37. The number of H-pyrrole nitrogens is 1.